The van der Waals surface area contributed by atoms with Crippen molar-refractivity contribution < 1.29 is 14.7 Å². The number of hydrogen-bond donors (Lipinski definition) is 1. The van der Waals surface area contributed by atoms with Gasteiger partial charge in [0.15, 0.2) is 0 Å². The van der Waals surface area contributed by atoms with Crippen LogP contribution in [0.15, 0.2) is 54.6 Å². The van der Waals surface area contributed by atoms with Gasteiger partial charge in [0.1, 0.15) is 5.78 Å². The maximum absolute atomic E-state index is 11.8. The van der Waals surface area contributed by atoms with Crippen molar-refractivity contribution in [1.82, 2.24) is 0 Å². The van der Waals surface area contributed by atoms with E-state index in [1.54, 1.807) is 0 Å². The number of carbonyl (C=O) groups excluding carboxylic acids is 1. The average molecular weight is 268 g/mol. The molecule has 0 heterocycles. The van der Waals surface area contributed by atoms with Crippen LogP contribution in [0, 0.1) is 0 Å². The monoisotopic (exact) mass is 268 g/mol. The van der Waals surface area contributed by atoms with Crippen LogP contribution in [0.1, 0.15) is 18.4 Å². The summed E-state index contributed by atoms with van der Waals surface area (Å²) in [6.07, 6.45) is 0.253. The summed E-state index contributed by atoms with van der Waals surface area (Å²) in [7, 11) is 0. The van der Waals surface area contributed by atoms with Crippen molar-refractivity contribution in [2.45, 2.75) is 19.3 Å². The van der Waals surface area contributed by atoms with Gasteiger partial charge in [-0.05, 0) is 16.7 Å². The molecule has 1 N–H and O–H groups in total. The summed E-state index contributed by atoms with van der Waals surface area (Å²) in [6, 6.07) is 17.6. The van der Waals surface area contributed by atoms with Crippen molar-refractivity contribution in [1.29, 1.82) is 0 Å². The fourth-order valence-corrected chi connectivity index (χ4v) is 2.12. The lowest BCUT2D eigenvalue weighted by molar-refractivity contribution is -0.138. The molecular formula is C17H16O3. The van der Waals surface area contributed by atoms with Crippen molar-refractivity contribution in [3.05, 3.63) is 60.2 Å². The molecule has 102 valence electrons. The van der Waals surface area contributed by atoms with Gasteiger partial charge in [-0.3, -0.25) is 9.59 Å². The van der Waals surface area contributed by atoms with Gasteiger partial charge in [-0.15, -0.1) is 0 Å². The Balaban J connectivity index is 2.17. The first kappa shape index (κ1) is 14.0. The van der Waals surface area contributed by atoms with Gasteiger partial charge in [0.05, 0.1) is 6.42 Å². The summed E-state index contributed by atoms with van der Waals surface area (Å²) in [4.78, 5) is 22.3. The lowest BCUT2D eigenvalue weighted by atomic mass is 9.95. The van der Waals surface area contributed by atoms with Crippen LogP contribution in [0.5, 0.6) is 0 Å². The van der Waals surface area contributed by atoms with Gasteiger partial charge in [-0.2, -0.15) is 0 Å². The maximum Gasteiger partial charge on any atom is 0.303 e. The Morgan fingerprint density at radius 1 is 0.850 bits per heavy atom. The molecule has 0 atom stereocenters. The molecule has 0 aliphatic heterocycles. The predicted molar refractivity (Wildman–Crippen MR) is 77.5 cm³/mol. The average Bonchev–Trinajstić information content (AvgIpc) is 2.47. The fraction of sp³-hybridized carbons (Fsp3) is 0.176. The van der Waals surface area contributed by atoms with E-state index in [1.165, 1.54) is 0 Å². The predicted octanol–water partition coefficient (Wildman–Crippen LogP) is 3.33. The van der Waals surface area contributed by atoms with Crippen molar-refractivity contribution in [2.24, 2.45) is 0 Å². The SMILES string of the molecule is O=C(O)CCC(=O)Cc1ccccc1-c1ccccc1. The van der Waals surface area contributed by atoms with Crippen molar-refractivity contribution >= 4 is 11.8 Å². The lowest BCUT2D eigenvalue weighted by Crippen LogP contribution is -2.07. The molecule has 3 nitrogen and oxygen atoms in total. The van der Waals surface area contributed by atoms with Gasteiger partial charge >= 0.3 is 5.97 Å². The minimum Gasteiger partial charge on any atom is -0.481 e. The molecule has 20 heavy (non-hydrogen) atoms. The van der Waals surface area contributed by atoms with Crippen LogP contribution in [0.25, 0.3) is 11.1 Å². The Kier molecular flexibility index (Phi) is 4.66. The van der Waals surface area contributed by atoms with Crippen LogP contribution >= 0.6 is 0 Å². The number of hydrogen-bond acceptors (Lipinski definition) is 2. The largest absolute Gasteiger partial charge is 0.481 e. The van der Waals surface area contributed by atoms with E-state index in [0.717, 1.165) is 16.7 Å². The van der Waals surface area contributed by atoms with Gasteiger partial charge in [0, 0.05) is 12.8 Å². The first-order valence-electron chi connectivity index (χ1n) is 6.53. The molecule has 0 unspecified atom stereocenters. The zero-order valence-corrected chi connectivity index (χ0v) is 11.1. The number of benzene rings is 2. The number of carboxylic acids is 1. The van der Waals surface area contributed by atoms with Gasteiger partial charge in [-0.25, -0.2) is 0 Å². The van der Waals surface area contributed by atoms with E-state index in [1.807, 2.05) is 54.6 Å². The lowest BCUT2D eigenvalue weighted by Gasteiger charge is -2.09. The zero-order chi connectivity index (χ0) is 14.4. The summed E-state index contributed by atoms with van der Waals surface area (Å²) in [5, 5.41) is 8.61. The number of aliphatic carboxylic acids is 1. The number of carbonyl (C=O) groups is 2. The van der Waals surface area contributed by atoms with E-state index in [9.17, 15) is 9.59 Å². The summed E-state index contributed by atoms with van der Waals surface area (Å²) in [5.41, 5.74) is 3.03. The first-order chi connectivity index (χ1) is 9.66. The number of carboxylic acid groups (broad SMARTS) is 1. The topological polar surface area (TPSA) is 54.4 Å². The molecule has 2 rings (SSSR count). The molecule has 0 saturated carbocycles. The third kappa shape index (κ3) is 3.79. The number of rotatable bonds is 6. The van der Waals surface area contributed by atoms with Crippen LogP contribution < -0.4 is 0 Å². The molecular weight excluding hydrogens is 252 g/mol. The Morgan fingerprint density at radius 2 is 1.50 bits per heavy atom. The van der Waals surface area contributed by atoms with E-state index < -0.39 is 5.97 Å². The van der Waals surface area contributed by atoms with Gasteiger partial charge in [0.2, 0.25) is 0 Å². The summed E-state index contributed by atoms with van der Waals surface area (Å²) < 4.78 is 0. The molecule has 2 aromatic rings. The van der Waals surface area contributed by atoms with E-state index in [0.29, 0.717) is 0 Å². The molecule has 0 fully saturated rings. The third-order valence-electron chi connectivity index (χ3n) is 3.11. The van der Waals surface area contributed by atoms with Crippen LogP contribution in [0.4, 0.5) is 0 Å². The molecule has 0 radical (unpaired) electrons. The Labute approximate surface area is 117 Å². The number of Topliss-reactive ketones (excluding diaryl/α,β-unsaturated/α-hetero) is 1. The normalized spacial score (nSPS) is 10.2. The Bertz CT molecular complexity index is 603. The van der Waals surface area contributed by atoms with E-state index >= 15 is 0 Å². The quantitative estimate of drug-likeness (QED) is 0.874. The van der Waals surface area contributed by atoms with E-state index in [-0.39, 0.29) is 25.0 Å². The summed E-state index contributed by atoms with van der Waals surface area (Å²) in [6.45, 7) is 0. The van der Waals surface area contributed by atoms with Crippen molar-refractivity contribution in [3.63, 3.8) is 0 Å². The molecule has 0 saturated heterocycles. The molecule has 0 aliphatic carbocycles. The first-order valence-corrected chi connectivity index (χ1v) is 6.53. The third-order valence-corrected chi connectivity index (χ3v) is 3.11. The van der Waals surface area contributed by atoms with E-state index in [4.69, 9.17) is 5.11 Å². The smallest absolute Gasteiger partial charge is 0.303 e. The van der Waals surface area contributed by atoms with Crippen LogP contribution in [0.3, 0.4) is 0 Å². The fourth-order valence-electron chi connectivity index (χ4n) is 2.12. The van der Waals surface area contributed by atoms with Crippen LogP contribution in [-0.2, 0) is 16.0 Å². The Hall–Kier alpha value is -2.42. The van der Waals surface area contributed by atoms with Gasteiger partial charge in [0.25, 0.3) is 0 Å². The minimum atomic E-state index is -0.935. The zero-order valence-electron chi connectivity index (χ0n) is 11.1. The Morgan fingerprint density at radius 3 is 2.20 bits per heavy atom. The van der Waals surface area contributed by atoms with Crippen LogP contribution in [-0.4, -0.2) is 16.9 Å². The summed E-state index contributed by atoms with van der Waals surface area (Å²) in [5.74, 6) is -0.981. The summed E-state index contributed by atoms with van der Waals surface area (Å²) >= 11 is 0. The second-order valence-electron chi connectivity index (χ2n) is 4.63. The molecule has 0 aliphatic rings. The molecule has 0 spiro atoms. The molecule has 0 amide bonds. The molecule has 0 aromatic heterocycles. The van der Waals surface area contributed by atoms with Crippen LogP contribution in [0.2, 0.25) is 0 Å². The molecule has 3 heteroatoms. The highest BCUT2D eigenvalue weighted by atomic mass is 16.4. The molecule has 0 bridgehead atoms. The maximum atomic E-state index is 11.8. The van der Waals surface area contributed by atoms with E-state index in [2.05, 4.69) is 0 Å². The van der Waals surface area contributed by atoms with Gasteiger partial charge in [-0.1, -0.05) is 54.6 Å². The highest BCUT2D eigenvalue weighted by Crippen LogP contribution is 2.24. The van der Waals surface area contributed by atoms with Crippen molar-refractivity contribution in [2.75, 3.05) is 0 Å². The highest BCUT2D eigenvalue weighted by molar-refractivity contribution is 5.86. The second kappa shape index (κ2) is 6.66. The second-order valence-corrected chi connectivity index (χ2v) is 4.63. The minimum absolute atomic E-state index is 0.0456. The van der Waals surface area contributed by atoms with Gasteiger partial charge < -0.3 is 5.11 Å². The molecule has 2 aromatic carbocycles. The van der Waals surface area contributed by atoms with Crippen molar-refractivity contribution in [3.8, 4) is 11.1 Å². The number of ketones is 1. The standard InChI is InChI=1S/C17H16O3/c18-15(10-11-17(19)20)12-14-8-4-5-9-16(14)13-6-2-1-3-7-13/h1-9H,10-12H2,(H,19,20). The highest BCUT2D eigenvalue weighted by Gasteiger charge is 2.10.